The number of anilines is 1. The van der Waals surface area contributed by atoms with Crippen molar-refractivity contribution in [3.05, 3.63) is 96.1 Å². The zero-order chi connectivity index (χ0) is 20.4. The highest BCUT2D eigenvalue weighted by molar-refractivity contribution is 7.91. The summed E-state index contributed by atoms with van der Waals surface area (Å²) in [4.78, 5) is 1.93. The molecule has 1 saturated heterocycles. The van der Waals surface area contributed by atoms with Crippen LogP contribution in [0.5, 0.6) is 5.75 Å². The second-order valence-corrected chi connectivity index (χ2v) is 9.52. The Labute approximate surface area is 170 Å². The molecular weight excluding hydrogens is 386 g/mol. The lowest BCUT2D eigenvalue weighted by atomic mass is 9.94. The Morgan fingerprint density at radius 2 is 1.41 bits per heavy atom. The van der Waals surface area contributed by atoms with Crippen LogP contribution < -0.4 is 4.90 Å². The second-order valence-electron chi connectivity index (χ2n) is 7.36. The number of phenolic OH excluding ortho intramolecular Hbond substituents is 1. The fraction of sp³-hybridized carbons (Fsp3) is 0.217. The smallest absolute Gasteiger partial charge is 0.155 e. The Hall–Kier alpha value is -2.83. The third-order valence-corrected chi connectivity index (χ3v) is 6.99. The normalized spacial score (nSPS) is 20.6. The minimum absolute atomic E-state index is 0.0858. The number of aliphatic hydroxyl groups excluding tert-OH is 1. The standard InChI is InChI=1S/C23H23NO4S/c25-20-13-7-12-19(14-20)24(21-15-29(27,28)16-22(21)26)23(17-8-3-1-4-9-17)18-10-5-2-6-11-18/h1-14,21-23,25-26H,15-16H2/t21-,22+/m0/s1. The molecule has 29 heavy (non-hydrogen) atoms. The molecule has 6 heteroatoms. The van der Waals surface area contributed by atoms with Gasteiger partial charge in [0.2, 0.25) is 0 Å². The van der Waals surface area contributed by atoms with Gasteiger partial charge in [-0.3, -0.25) is 0 Å². The summed E-state index contributed by atoms with van der Waals surface area (Å²) in [7, 11) is -3.36. The van der Waals surface area contributed by atoms with Gasteiger partial charge in [0.15, 0.2) is 9.84 Å². The van der Waals surface area contributed by atoms with Crippen molar-refractivity contribution in [2.45, 2.75) is 18.2 Å². The number of nitrogens with zero attached hydrogens (tertiary/aromatic N) is 1. The highest BCUT2D eigenvalue weighted by Gasteiger charge is 2.43. The summed E-state index contributed by atoms with van der Waals surface area (Å²) in [5, 5.41) is 20.8. The van der Waals surface area contributed by atoms with Gasteiger partial charge in [-0.05, 0) is 23.3 Å². The minimum atomic E-state index is -3.36. The van der Waals surface area contributed by atoms with Gasteiger partial charge in [0.25, 0.3) is 0 Å². The van der Waals surface area contributed by atoms with Crippen LogP contribution in [0.25, 0.3) is 0 Å². The highest BCUT2D eigenvalue weighted by Crippen LogP contribution is 2.38. The summed E-state index contributed by atoms with van der Waals surface area (Å²) in [6.45, 7) is 0. The number of benzene rings is 3. The minimum Gasteiger partial charge on any atom is -0.508 e. The quantitative estimate of drug-likeness (QED) is 0.677. The van der Waals surface area contributed by atoms with Crippen molar-refractivity contribution >= 4 is 15.5 Å². The maximum Gasteiger partial charge on any atom is 0.155 e. The molecular formula is C23H23NO4S. The van der Waals surface area contributed by atoms with Crippen LogP contribution in [0.15, 0.2) is 84.9 Å². The van der Waals surface area contributed by atoms with Crippen LogP contribution in [-0.2, 0) is 9.84 Å². The van der Waals surface area contributed by atoms with Gasteiger partial charge in [-0.1, -0.05) is 66.7 Å². The van der Waals surface area contributed by atoms with E-state index in [1.54, 1.807) is 18.2 Å². The number of aliphatic hydroxyl groups is 1. The molecule has 0 aromatic heterocycles. The molecule has 0 unspecified atom stereocenters. The number of hydrogen-bond acceptors (Lipinski definition) is 5. The second kappa shape index (κ2) is 7.89. The van der Waals surface area contributed by atoms with Gasteiger partial charge in [-0.15, -0.1) is 0 Å². The van der Waals surface area contributed by atoms with E-state index in [2.05, 4.69) is 0 Å². The van der Waals surface area contributed by atoms with Crippen molar-refractivity contribution in [1.29, 1.82) is 0 Å². The first kappa shape index (κ1) is 19.5. The highest BCUT2D eigenvalue weighted by atomic mass is 32.2. The molecule has 0 saturated carbocycles. The molecule has 1 aliphatic rings. The van der Waals surface area contributed by atoms with Gasteiger partial charge in [0, 0.05) is 11.8 Å². The van der Waals surface area contributed by atoms with Gasteiger partial charge < -0.3 is 15.1 Å². The van der Waals surface area contributed by atoms with Crippen molar-refractivity contribution in [3.8, 4) is 5.75 Å². The van der Waals surface area contributed by atoms with Crippen molar-refractivity contribution in [3.63, 3.8) is 0 Å². The third-order valence-electron chi connectivity index (χ3n) is 5.29. The molecule has 4 rings (SSSR count). The molecule has 150 valence electrons. The molecule has 3 aromatic rings. The van der Waals surface area contributed by atoms with E-state index in [4.69, 9.17) is 0 Å². The van der Waals surface area contributed by atoms with Crippen molar-refractivity contribution in [1.82, 2.24) is 0 Å². The maximum absolute atomic E-state index is 12.3. The summed E-state index contributed by atoms with van der Waals surface area (Å²) in [6, 6.07) is 25.3. The van der Waals surface area contributed by atoms with Crippen molar-refractivity contribution in [2.24, 2.45) is 0 Å². The Kier molecular flexibility index (Phi) is 5.30. The topological polar surface area (TPSA) is 77.8 Å². The summed E-state index contributed by atoms with van der Waals surface area (Å²) in [6.07, 6.45) is -1.02. The molecule has 0 spiro atoms. The van der Waals surface area contributed by atoms with Crippen LogP contribution in [0.3, 0.4) is 0 Å². The molecule has 2 N–H and O–H groups in total. The zero-order valence-electron chi connectivity index (χ0n) is 15.8. The van der Waals surface area contributed by atoms with Gasteiger partial charge in [-0.25, -0.2) is 8.42 Å². The fourth-order valence-corrected chi connectivity index (χ4v) is 5.83. The van der Waals surface area contributed by atoms with E-state index in [0.717, 1.165) is 11.1 Å². The molecule has 2 atom stereocenters. The molecule has 0 bridgehead atoms. The first-order valence-electron chi connectivity index (χ1n) is 9.50. The first-order chi connectivity index (χ1) is 13.9. The maximum atomic E-state index is 12.3. The van der Waals surface area contributed by atoms with Gasteiger partial charge in [0.05, 0.1) is 29.7 Å². The van der Waals surface area contributed by atoms with E-state index in [-0.39, 0.29) is 23.3 Å². The largest absolute Gasteiger partial charge is 0.508 e. The van der Waals surface area contributed by atoms with Gasteiger partial charge >= 0.3 is 0 Å². The van der Waals surface area contributed by atoms with Crippen LogP contribution in [0.2, 0.25) is 0 Å². The Balaban J connectivity index is 1.92. The number of phenols is 1. The average molecular weight is 410 g/mol. The van der Waals surface area contributed by atoms with E-state index in [1.165, 1.54) is 0 Å². The summed E-state index contributed by atoms with van der Waals surface area (Å²) < 4.78 is 24.6. The lowest BCUT2D eigenvalue weighted by Gasteiger charge is -2.40. The molecule has 5 nitrogen and oxygen atoms in total. The lowest BCUT2D eigenvalue weighted by Crippen LogP contribution is -2.46. The first-order valence-corrected chi connectivity index (χ1v) is 11.3. The van der Waals surface area contributed by atoms with Crippen LogP contribution in [-0.4, -0.2) is 42.3 Å². The number of rotatable bonds is 5. The third kappa shape index (κ3) is 4.13. The fourth-order valence-electron chi connectivity index (χ4n) is 4.05. The SMILES string of the molecule is O=S1(=O)C[C@@H](O)[C@@H](N(c2cccc(O)c2)C(c2ccccc2)c2ccccc2)C1. The van der Waals surface area contributed by atoms with E-state index >= 15 is 0 Å². The number of sulfone groups is 1. The Bertz CT molecular complexity index is 1030. The lowest BCUT2D eigenvalue weighted by molar-refractivity contribution is 0.175. The molecule has 0 aliphatic carbocycles. The molecule has 0 radical (unpaired) electrons. The van der Waals surface area contributed by atoms with E-state index in [9.17, 15) is 18.6 Å². The van der Waals surface area contributed by atoms with Crippen molar-refractivity contribution in [2.75, 3.05) is 16.4 Å². The zero-order valence-corrected chi connectivity index (χ0v) is 16.6. The Morgan fingerprint density at radius 3 is 1.90 bits per heavy atom. The molecule has 0 amide bonds. The molecule has 1 fully saturated rings. The van der Waals surface area contributed by atoms with E-state index < -0.39 is 22.0 Å². The summed E-state index contributed by atoms with van der Waals surface area (Å²) in [5.74, 6) is -0.314. The van der Waals surface area contributed by atoms with Crippen LogP contribution >= 0.6 is 0 Å². The van der Waals surface area contributed by atoms with Gasteiger partial charge in [-0.2, -0.15) is 0 Å². The summed E-state index contributed by atoms with van der Waals surface area (Å²) >= 11 is 0. The van der Waals surface area contributed by atoms with Crippen molar-refractivity contribution < 1.29 is 18.6 Å². The average Bonchev–Trinajstić information content (AvgIpc) is 2.99. The Morgan fingerprint density at radius 1 is 0.828 bits per heavy atom. The van der Waals surface area contributed by atoms with Gasteiger partial charge in [0.1, 0.15) is 5.75 Å². The predicted octanol–water partition coefficient (Wildman–Crippen LogP) is 3.15. The van der Waals surface area contributed by atoms with Crippen LogP contribution in [0, 0.1) is 0 Å². The van der Waals surface area contributed by atoms with Crippen LogP contribution in [0.4, 0.5) is 5.69 Å². The van der Waals surface area contributed by atoms with E-state index in [0.29, 0.717) is 5.69 Å². The number of aromatic hydroxyl groups is 1. The molecule has 1 aliphatic heterocycles. The summed E-state index contributed by atoms with van der Waals surface area (Å²) in [5.41, 5.74) is 2.60. The molecule has 3 aromatic carbocycles. The molecule has 1 heterocycles. The number of hydrogen-bond donors (Lipinski definition) is 2. The van der Waals surface area contributed by atoms with Crippen LogP contribution in [0.1, 0.15) is 17.2 Å². The predicted molar refractivity (Wildman–Crippen MR) is 114 cm³/mol. The monoisotopic (exact) mass is 409 g/mol. The van der Waals surface area contributed by atoms with E-state index in [1.807, 2.05) is 71.6 Å².